The molecule has 0 N–H and O–H groups in total. The molecule has 4 heteroatoms. The average Bonchev–Trinajstić information content (AvgIpc) is 2.53. The Kier molecular flexibility index (Phi) is 2.25. The molecule has 0 spiro atoms. The molecule has 2 nitrogen and oxygen atoms in total. The smallest absolute Gasteiger partial charge is 0.0790 e. The van der Waals surface area contributed by atoms with Crippen LogP contribution in [0.5, 0.6) is 0 Å². The lowest BCUT2D eigenvalue weighted by atomic mass is 10.3. The molecule has 0 fully saturated rings. The van der Waals surface area contributed by atoms with Crippen LogP contribution in [0.2, 0.25) is 10.0 Å². The Morgan fingerprint density at radius 3 is 2.23 bits per heavy atom. The maximum absolute atomic E-state index is 5.75. The monoisotopic (exact) mass is 212 g/mol. The summed E-state index contributed by atoms with van der Waals surface area (Å²) >= 11 is 11.5. The highest BCUT2D eigenvalue weighted by Gasteiger charge is 1.97. The van der Waals surface area contributed by atoms with Gasteiger partial charge in [-0.05, 0) is 24.3 Å². The molecule has 2 aromatic rings. The molecule has 1 aromatic carbocycles. The quantitative estimate of drug-likeness (QED) is 0.711. The van der Waals surface area contributed by atoms with Crippen LogP contribution in [0.25, 0.3) is 5.69 Å². The van der Waals surface area contributed by atoms with E-state index in [1.807, 2.05) is 24.3 Å². The van der Waals surface area contributed by atoms with Crippen molar-refractivity contribution in [2.24, 2.45) is 0 Å². The van der Waals surface area contributed by atoms with Crippen molar-refractivity contribution in [2.45, 2.75) is 0 Å². The van der Waals surface area contributed by atoms with Crippen LogP contribution < -0.4 is 0 Å². The Morgan fingerprint density at radius 1 is 1.00 bits per heavy atom. The standard InChI is InChI=1S/C9H6Cl2N2/c10-7-1-3-9(4-2-7)13-6-8(11)5-12-13/h1-6H. The number of hydrogen-bond acceptors (Lipinski definition) is 1. The van der Waals surface area contributed by atoms with Crippen molar-refractivity contribution >= 4 is 23.2 Å². The second-order valence-corrected chi connectivity index (χ2v) is 3.45. The number of rotatable bonds is 1. The first kappa shape index (κ1) is 8.60. The molecular formula is C9H6Cl2N2. The predicted molar refractivity (Wildman–Crippen MR) is 53.6 cm³/mol. The minimum atomic E-state index is 0.620. The van der Waals surface area contributed by atoms with E-state index in [0.717, 1.165) is 5.69 Å². The summed E-state index contributed by atoms with van der Waals surface area (Å²) < 4.78 is 1.69. The van der Waals surface area contributed by atoms with E-state index >= 15 is 0 Å². The fraction of sp³-hybridized carbons (Fsp3) is 0. The molecule has 0 unspecified atom stereocenters. The third-order valence-corrected chi connectivity index (χ3v) is 2.09. The van der Waals surface area contributed by atoms with Crippen LogP contribution in [0.1, 0.15) is 0 Å². The summed E-state index contributed by atoms with van der Waals surface area (Å²) in [6, 6.07) is 7.39. The maximum Gasteiger partial charge on any atom is 0.0790 e. The number of hydrogen-bond donors (Lipinski definition) is 0. The second-order valence-electron chi connectivity index (χ2n) is 2.58. The van der Waals surface area contributed by atoms with E-state index in [1.54, 1.807) is 17.1 Å². The van der Waals surface area contributed by atoms with Gasteiger partial charge < -0.3 is 0 Å². The largest absolute Gasteiger partial charge is 0.239 e. The van der Waals surface area contributed by atoms with E-state index in [0.29, 0.717) is 10.0 Å². The highest BCUT2D eigenvalue weighted by molar-refractivity contribution is 6.30. The van der Waals surface area contributed by atoms with Gasteiger partial charge >= 0.3 is 0 Å². The summed E-state index contributed by atoms with van der Waals surface area (Å²) in [5.74, 6) is 0. The molecule has 0 amide bonds. The Balaban J connectivity index is 2.41. The van der Waals surface area contributed by atoms with Crippen LogP contribution in [0.15, 0.2) is 36.7 Å². The summed E-state index contributed by atoms with van der Waals surface area (Å²) in [4.78, 5) is 0. The van der Waals surface area contributed by atoms with Gasteiger partial charge in [0, 0.05) is 11.2 Å². The molecule has 0 aliphatic rings. The van der Waals surface area contributed by atoms with Crippen LogP contribution in [-0.4, -0.2) is 9.78 Å². The average molecular weight is 213 g/mol. The predicted octanol–water partition coefficient (Wildman–Crippen LogP) is 3.18. The van der Waals surface area contributed by atoms with Gasteiger partial charge in [0.1, 0.15) is 0 Å². The van der Waals surface area contributed by atoms with Crippen molar-refractivity contribution < 1.29 is 0 Å². The van der Waals surface area contributed by atoms with Gasteiger partial charge in [0.15, 0.2) is 0 Å². The molecule has 2 rings (SSSR count). The van der Waals surface area contributed by atoms with Crippen LogP contribution in [0, 0.1) is 0 Å². The van der Waals surface area contributed by atoms with E-state index in [-0.39, 0.29) is 0 Å². The van der Waals surface area contributed by atoms with E-state index in [4.69, 9.17) is 23.2 Å². The number of aromatic nitrogens is 2. The Bertz CT molecular complexity index is 406. The minimum Gasteiger partial charge on any atom is -0.239 e. The summed E-state index contributed by atoms with van der Waals surface area (Å²) in [5, 5.41) is 5.39. The summed E-state index contributed by atoms with van der Waals surface area (Å²) in [7, 11) is 0. The first-order chi connectivity index (χ1) is 6.25. The molecular weight excluding hydrogens is 207 g/mol. The topological polar surface area (TPSA) is 17.8 Å². The molecule has 0 radical (unpaired) electrons. The molecule has 0 saturated heterocycles. The molecule has 0 bridgehead atoms. The molecule has 0 aliphatic heterocycles. The van der Waals surface area contributed by atoms with Gasteiger partial charge in [-0.3, -0.25) is 0 Å². The summed E-state index contributed by atoms with van der Waals surface area (Å²) in [5.41, 5.74) is 0.941. The number of halogens is 2. The molecule has 13 heavy (non-hydrogen) atoms. The minimum absolute atomic E-state index is 0.620. The van der Waals surface area contributed by atoms with Crippen molar-refractivity contribution in [2.75, 3.05) is 0 Å². The molecule has 66 valence electrons. The zero-order valence-electron chi connectivity index (χ0n) is 6.61. The van der Waals surface area contributed by atoms with E-state index < -0.39 is 0 Å². The Labute approximate surface area is 85.7 Å². The van der Waals surface area contributed by atoms with Gasteiger partial charge in [0.25, 0.3) is 0 Å². The van der Waals surface area contributed by atoms with E-state index in [2.05, 4.69) is 5.10 Å². The lowest BCUT2D eigenvalue weighted by Crippen LogP contribution is -1.92. The fourth-order valence-electron chi connectivity index (χ4n) is 1.04. The van der Waals surface area contributed by atoms with E-state index in [9.17, 15) is 0 Å². The number of benzene rings is 1. The fourth-order valence-corrected chi connectivity index (χ4v) is 1.30. The van der Waals surface area contributed by atoms with Crippen LogP contribution in [0.4, 0.5) is 0 Å². The van der Waals surface area contributed by atoms with Gasteiger partial charge in [0.05, 0.1) is 16.9 Å². The molecule has 0 atom stereocenters. The van der Waals surface area contributed by atoms with Crippen LogP contribution >= 0.6 is 23.2 Å². The third kappa shape index (κ3) is 1.85. The van der Waals surface area contributed by atoms with Gasteiger partial charge in [-0.15, -0.1) is 0 Å². The molecule has 0 saturated carbocycles. The lowest BCUT2D eigenvalue weighted by Gasteiger charge is -1.99. The van der Waals surface area contributed by atoms with Gasteiger partial charge in [-0.1, -0.05) is 23.2 Å². The highest BCUT2D eigenvalue weighted by Crippen LogP contribution is 2.14. The van der Waals surface area contributed by atoms with Crippen molar-refractivity contribution in [1.29, 1.82) is 0 Å². The van der Waals surface area contributed by atoms with Crippen LogP contribution in [0.3, 0.4) is 0 Å². The first-order valence-electron chi connectivity index (χ1n) is 3.72. The second kappa shape index (κ2) is 3.40. The van der Waals surface area contributed by atoms with Crippen molar-refractivity contribution in [1.82, 2.24) is 9.78 Å². The van der Waals surface area contributed by atoms with Crippen molar-refractivity contribution in [3.8, 4) is 5.69 Å². The van der Waals surface area contributed by atoms with Crippen LogP contribution in [-0.2, 0) is 0 Å². The van der Waals surface area contributed by atoms with Gasteiger partial charge in [0.2, 0.25) is 0 Å². The molecule has 0 aliphatic carbocycles. The van der Waals surface area contributed by atoms with Crippen molar-refractivity contribution in [3.05, 3.63) is 46.7 Å². The Hall–Kier alpha value is -0.990. The Morgan fingerprint density at radius 2 is 1.69 bits per heavy atom. The van der Waals surface area contributed by atoms with Gasteiger partial charge in [-0.25, -0.2) is 4.68 Å². The summed E-state index contributed by atoms with van der Waals surface area (Å²) in [6.07, 6.45) is 3.33. The van der Waals surface area contributed by atoms with Gasteiger partial charge in [-0.2, -0.15) is 5.10 Å². The SMILES string of the molecule is Clc1ccc(-n2cc(Cl)cn2)cc1. The third-order valence-electron chi connectivity index (χ3n) is 1.64. The molecule has 1 aromatic heterocycles. The maximum atomic E-state index is 5.75. The highest BCUT2D eigenvalue weighted by atomic mass is 35.5. The molecule has 1 heterocycles. The lowest BCUT2D eigenvalue weighted by molar-refractivity contribution is 0.880. The normalized spacial score (nSPS) is 10.3. The number of nitrogens with zero attached hydrogens (tertiary/aromatic N) is 2. The summed E-state index contributed by atoms with van der Waals surface area (Å²) in [6.45, 7) is 0. The first-order valence-corrected chi connectivity index (χ1v) is 4.47. The van der Waals surface area contributed by atoms with Crippen molar-refractivity contribution in [3.63, 3.8) is 0 Å². The zero-order chi connectivity index (χ0) is 9.26. The zero-order valence-corrected chi connectivity index (χ0v) is 8.13. The van der Waals surface area contributed by atoms with E-state index in [1.165, 1.54) is 0 Å².